The van der Waals surface area contributed by atoms with Crippen molar-refractivity contribution in [2.45, 2.75) is 24.3 Å². The van der Waals surface area contributed by atoms with E-state index in [1.807, 2.05) is 42.5 Å². The SMILES string of the molecule is Cc1ccc2c(c1)[S+]([O-])N(C)c1ccccc1C2NCCCO. The van der Waals surface area contributed by atoms with Gasteiger partial charge in [-0.3, -0.25) is 0 Å². The number of aliphatic hydroxyl groups is 1. The molecule has 3 rings (SSSR count). The van der Waals surface area contributed by atoms with E-state index < -0.39 is 11.4 Å². The highest BCUT2D eigenvalue weighted by Gasteiger charge is 2.34. The Morgan fingerprint density at radius 1 is 1.22 bits per heavy atom. The van der Waals surface area contributed by atoms with Gasteiger partial charge in [0.25, 0.3) is 0 Å². The number of para-hydroxylation sites is 1. The van der Waals surface area contributed by atoms with Crippen molar-refractivity contribution in [1.29, 1.82) is 0 Å². The maximum absolute atomic E-state index is 13.0. The van der Waals surface area contributed by atoms with Crippen molar-refractivity contribution < 1.29 is 9.66 Å². The average molecular weight is 330 g/mol. The summed E-state index contributed by atoms with van der Waals surface area (Å²) in [6, 6.07) is 14.2. The number of hydrogen-bond acceptors (Lipinski definition) is 4. The molecule has 1 heterocycles. The summed E-state index contributed by atoms with van der Waals surface area (Å²) < 4.78 is 14.8. The number of anilines is 1. The van der Waals surface area contributed by atoms with E-state index in [9.17, 15) is 4.55 Å². The molecule has 1 aliphatic heterocycles. The van der Waals surface area contributed by atoms with Crippen LogP contribution in [0, 0.1) is 6.92 Å². The van der Waals surface area contributed by atoms with Crippen LogP contribution in [0.5, 0.6) is 0 Å². The highest BCUT2D eigenvalue weighted by atomic mass is 32.2. The summed E-state index contributed by atoms with van der Waals surface area (Å²) in [5.41, 5.74) is 4.24. The Morgan fingerprint density at radius 2 is 2.00 bits per heavy atom. The molecule has 2 atom stereocenters. The minimum absolute atomic E-state index is 0.0257. The van der Waals surface area contributed by atoms with Gasteiger partial charge in [-0.05, 0) is 37.6 Å². The lowest BCUT2D eigenvalue weighted by Gasteiger charge is -2.21. The normalized spacial score (nSPS) is 19.9. The van der Waals surface area contributed by atoms with Crippen LogP contribution in [0.15, 0.2) is 47.4 Å². The number of aliphatic hydroxyl groups excluding tert-OH is 1. The molecule has 5 heteroatoms. The van der Waals surface area contributed by atoms with E-state index in [-0.39, 0.29) is 12.6 Å². The molecule has 1 aliphatic rings. The van der Waals surface area contributed by atoms with Crippen molar-refractivity contribution >= 4 is 17.0 Å². The number of nitrogens with zero attached hydrogens (tertiary/aromatic N) is 1. The largest absolute Gasteiger partial charge is 0.588 e. The molecule has 0 bridgehead atoms. The van der Waals surface area contributed by atoms with Crippen LogP contribution in [0.4, 0.5) is 5.69 Å². The molecule has 2 aromatic rings. The van der Waals surface area contributed by atoms with Crippen LogP contribution in [0.25, 0.3) is 0 Å². The Labute approximate surface area is 140 Å². The smallest absolute Gasteiger partial charge is 0.185 e. The lowest BCUT2D eigenvalue weighted by atomic mass is 9.96. The molecule has 2 N–H and O–H groups in total. The predicted molar refractivity (Wildman–Crippen MR) is 94.0 cm³/mol. The van der Waals surface area contributed by atoms with Gasteiger partial charge in [0, 0.05) is 17.7 Å². The fourth-order valence-electron chi connectivity index (χ4n) is 3.00. The molecule has 0 fully saturated rings. The van der Waals surface area contributed by atoms with Gasteiger partial charge in [-0.25, -0.2) is 0 Å². The molecular formula is C18H22N2O2S. The van der Waals surface area contributed by atoms with Gasteiger partial charge in [0.1, 0.15) is 11.4 Å². The van der Waals surface area contributed by atoms with E-state index in [4.69, 9.17) is 5.11 Å². The predicted octanol–water partition coefficient (Wildman–Crippen LogP) is 2.53. The molecule has 122 valence electrons. The molecule has 4 nitrogen and oxygen atoms in total. The van der Waals surface area contributed by atoms with Gasteiger partial charge in [0.2, 0.25) is 0 Å². The third-order valence-corrected chi connectivity index (χ3v) is 5.61. The summed E-state index contributed by atoms with van der Waals surface area (Å²) in [6.07, 6.45) is 0.693. The maximum Gasteiger partial charge on any atom is 0.185 e. The highest BCUT2D eigenvalue weighted by molar-refractivity contribution is 7.92. The zero-order valence-electron chi connectivity index (χ0n) is 13.5. The first kappa shape index (κ1) is 16.3. The summed E-state index contributed by atoms with van der Waals surface area (Å²) in [5.74, 6) is 0. The van der Waals surface area contributed by atoms with E-state index in [2.05, 4.69) is 23.5 Å². The van der Waals surface area contributed by atoms with Crippen molar-refractivity contribution in [3.05, 3.63) is 59.2 Å². The molecule has 23 heavy (non-hydrogen) atoms. The van der Waals surface area contributed by atoms with E-state index >= 15 is 0 Å². The van der Waals surface area contributed by atoms with E-state index in [0.717, 1.165) is 27.3 Å². The quantitative estimate of drug-likeness (QED) is 0.668. The van der Waals surface area contributed by atoms with Crippen LogP contribution >= 0.6 is 0 Å². The van der Waals surface area contributed by atoms with Gasteiger partial charge in [0.05, 0.1) is 18.8 Å². The lowest BCUT2D eigenvalue weighted by molar-refractivity contribution is 0.284. The van der Waals surface area contributed by atoms with Crippen molar-refractivity contribution in [3.8, 4) is 0 Å². The number of nitrogens with one attached hydrogen (secondary N) is 1. The summed E-state index contributed by atoms with van der Waals surface area (Å²) in [5, 5.41) is 12.6. The Morgan fingerprint density at radius 3 is 2.78 bits per heavy atom. The van der Waals surface area contributed by atoms with Crippen molar-refractivity contribution in [3.63, 3.8) is 0 Å². The van der Waals surface area contributed by atoms with Crippen LogP contribution < -0.4 is 9.62 Å². The monoisotopic (exact) mass is 330 g/mol. The summed E-state index contributed by atoms with van der Waals surface area (Å²) in [6.45, 7) is 2.89. The zero-order chi connectivity index (χ0) is 16.4. The average Bonchev–Trinajstić information content (AvgIpc) is 2.65. The number of aryl methyl sites for hydroxylation is 1. The summed E-state index contributed by atoms with van der Waals surface area (Å²) in [4.78, 5) is 0.852. The van der Waals surface area contributed by atoms with E-state index in [1.54, 1.807) is 0 Å². The van der Waals surface area contributed by atoms with Gasteiger partial charge in [-0.15, -0.1) is 0 Å². The van der Waals surface area contributed by atoms with Gasteiger partial charge in [-0.1, -0.05) is 30.3 Å². The molecule has 2 unspecified atom stereocenters. The van der Waals surface area contributed by atoms with Gasteiger partial charge >= 0.3 is 0 Å². The standard InChI is InChI=1S/C18H22N2O2S/c1-13-8-9-15-17(12-13)23(22)20(2)16-7-4-3-6-14(16)18(15)19-10-5-11-21/h3-4,6-9,12,18-19,21H,5,10-11H2,1-2H3. The van der Waals surface area contributed by atoms with Crippen LogP contribution in [0.2, 0.25) is 0 Å². The molecule has 0 saturated heterocycles. The van der Waals surface area contributed by atoms with Crippen LogP contribution in [-0.4, -0.2) is 29.9 Å². The highest BCUT2D eigenvalue weighted by Crippen LogP contribution is 2.40. The van der Waals surface area contributed by atoms with E-state index in [0.29, 0.717) is 13.0 Å². The van der Waals surface area contributed by atoms with Crippen molar-refractivity contribution in [2.24, 2.45) is 0 Å². The molecule has 2 aromatic carbocycles. The molecule has 0 radical (unpaired) electrons. The topological polar surface area (TPSA) is 58.6 Å². The molecule has 0 amide bonds. The first-order valence-corrected chi connectivity index (χ1v) is 8.93. The Hall–Kier alpha value is -1.53. The van der Waals surface area contributed by atoms with E-state index in [1.165, 1.54) is 0 Å². The van der Waals surface area contributed by atoms with Crippen LogP contribution in [-0.2, 0) is 11.4 Å². The summed E-state index contributed by atoms with van der Waals surface area (Å²) in [7, 11) is 1.87. The summed E-state index contributed by atoms with van der Waals surface area (Å²) >= 11 is -1.23. The minimum Gasteiger partial charge on any atom is -0.588 e. The zero-order valence-corrected chi connectivity index (χ0v) is 14.3. The molecule has 0 aromatic heterocycles. The molecule has 0 aliphatic carbocycles. The fraction of sp³-hybridized carbons (Fsp3) is 0.333. The van der Waals surface area contributed by atoms with Gasteiger partial charge < -0.3 is 15.0 Å². The Bertz CT molecular complexity index is 692. The van der Waals surface area contributed by atoms with Crippen LogP contribution in [0.1, 0.15) is 29.2 Å². The number of hydrogen-bond donors (Lipinski definition) is 2. The molecule has 0 spiro atoms. The van der Waals surface area contributed by atoms with Crippen molar-refractivity contribution in [1.82, 2.24) is 5.32 Å². The first-order valence-electron chi connectivity index (χ1n) is 7.83. The Kier molecular flexibility index (Phi) is 4.92. The van der Waals surface area contributed by atoms with Crippen LogP contribution in [0.3, 0.4) is 0 Å². The van der Waals surface area contributed by atoms with Gasteiger partial charge in [0.15, 0.2) is 4.90 Å². The second kappa shape index (κ2) is 6.93. The fourth-order valence-corrected chi connectivity index (χ4v) is 4.31. The number of rotatable bonds is 4. The second-order valence-electron chi connectivity index (χ2n) is 5.81. The second-order valence-corrected chi connectivity index (χ2v) is 7.30. The number of fused-ring (bicyclic) bond motifs is 2. The molecular weight excluding hydrogens is 308 g/mol. The molecule has 0 saturated carbocycles. The number of benzene rings is 2. The lowest BCUT2D eigenvalue weighted by Crippen LogP contribution is -2.26. The maximum atomic E-state index is 13.0. The van der Waals surface area contributed by atoms with Crippen molar-refractivity contribution in [2.75, 3.05) is 24.5 Å². The third kappa shape index (κ3) is 3.10. The Balaban J connectivity index is 2.13. The minimum atomic E-state index is -1.23. The van der Waals surface area contributed by atoms with Gasteiger partial charge in [-0.2, -0.15) is 4.31 Å². The first-order chi connectivity index (χ1) is 11.1. The third-order valence-electron chi connectivity index (χ3n) is 4.19.